The van der Waals surface area contributed by atoms with E-state index < -0.39 is 6.04 Å². The van der Waals surface area contributed by atoms with Gasteiger partial charge in [0.15, 0.2) is 0 Å². The third kappa shape index (κ3) is 1.62. The van der Waals surface area contributed by atoms with Gasteiger partial charge in [0, 0.05) is 18.0 Å². The number of anilines is 1. The minimum absolute atomic E-state index is 0.229. The third-order valence-electron chi connectivity index (χ3n) is 3.11. The van der Waals surface area contributed by atoms with Gasteiger partial charge in [0.1, 0.15) is 11.6 Å². The van der Waals surface area contributed by atoms with Crippen LogP contribution in [0.25, 0.3) is 10.9 Å². The molecule has 1 aromatic carbocycles. The van der Waals surface area contributed by atoms with Crippen LogP contribution in [-0.2, 0) is 9.59 Å². The molecule has 1 saturated heterocycles. The highest BCUT2D eigenvalue weighted by atomic mass is 16.2. The van der Waals surface area contributed by atoms with Gasteiger partial charge in [-0.05, 0) is 12.5 Å². The summed E-state index contributed by atoms with van der Waals surface area (Å²) in [6.07, 6.45) is 2.59. The molecule has 3 N–H and O–H groups in total. The van der Waals surface area contributed by atoms with Crippen LogP contribution in [0.1, 0.15) is 18.9 Å². The molecule has 1 fully saturated rings. The zero-order valence-corrected chi connectivity index (χ0v) is 9.59. The lowest BCUT2D eigenvalue weighted by Crippen LogP contribution is -2.41. The predicted molar refractivity (Wildman–Crippen MR) is 65.6 cm³/mol. The number of hydrogen-bond donors (Lipinski definition) is 2. The molecule has 0 spiro atoms. The Labute approximate surface area is 103 Å². The topological polar surface area (TPSA) is 90.0 Å². The number of rotatable bonds is 1. The number of nitrogens with zero attached hydrogens (tertiary/aromatic N) is 2. The number of carbonyl (C=O) groups is 2. The van der Waals surface area contributed by atoms with Crippen molar-refractivity contribution in [1.82, 2.24) is 15.1 Å². The Bertz CT molecular complexity index is 647. The average molecular weight is 244 g/mol. The normalized spacial score (nSPS) is 20.1. The van der Waals surface area contributed by atoms with E-state index in [0.29, 0.717) is 24.0 Å². The second kappa shape index (κ2) is 3.83. The highest BCUT2D eigenvalue weighted by molar-refractivity contribution is 5.99. The van der Waals surface area contributed by atoms with E-state index in [1.54, 1.807) is 16.9 Å². The molecule has 2 aromatic rings. The summed E-state index contributed by atoms with van der Waals surface area (Å²) in [6.45, 7) is 0. The first-order valence-corrected chi connectivity index (χ1v) is 5.72. The fourth-order valence-electron chi connectivity index (χ4n) is 2.18. The van der Waals surface area contributed by atoms with Gasteiger partial charge in [-0.2, -0.15) is 5.10 Å². The zero-order chi connectivity index (χ0) is 12.7. The number of carbonyl (C=O) groups excluding carboxylic acids is 2. The molecule has 0 saturated carbocycles. The fourth-order valence-corrected chi connectivity index (χ4v) is 2.18. The maximum atomic E-state index is 11.7. The van der Waals surface area contributed by atoms with Crippen molar-refractivity contribution in [2.75, 3.05) is 5.73 Å². The molecule has 1 atom stereocenters. The minimum atomic E-state index is -0.436. The number of aromatic nitrogens is 2. The zero-order valence-electron chi connectivity index (χ0n) is 9.59. The summed E-state index contributed by atoms with van der Waals surface area (Å²) in [5.74, 6) is -0.537. The van der Waals surface area contributed by atoms with Crippen LogP contribution < -0.4 is 11.1 Å². The summed E-state index contributed by atoms with van der Waals surface area (Å²) in [6, 6.07) is 5.06. The van der Waals surface area contributed by atoms with Crippen LogP contribution >= 0.6 is 0 Å². The summed E-state index contributed by atoms with van der Waals surface area (Å²) in [5.41, 5.74) is 7.09. The van der Waals surface area contributed by atoms with Crippen molar-refractivity contribution in [2.45, 2.75) is 18.9 Å². The third-order valence-corrected chi connectivity index (χ3v) is 3.11. The highest BCUT2D eigenvalue weighted by Gasteiger charge is 2.28. The van der Waals surface area contributed by atoms with Crippen molar-refractivity contribution in [2.24, 2.45) is 0 Å². The first-order chi connectivity index (χ1) is 8.65. The summed E-state index contributed by atoms with van der Waals surface area (Å²) < 4.78 is 1.59. The van der Waals surface area contributed by atoms with E-state index in [9.17, 15) is 9.59 Å². The predicted octanol–water partition coefficient (Wildman–Crippen LogP) is 0.596. The molecule has 1 aliphatic rings. The van der Waals surface area contributed by atoms with E-state index in [1.165, 1.54) is 0 Å². The number of nitrogens with two attached hydrogens (primary N) is 1. The van der Waals surface area contributed by atoms with Crippen molar-refractivity contribution in [1.29, 1.82) is 0 Å². The van der Waals surface area contributed by atoms with E-state index in [0.717, 1.165) is 5.39 Å². The van der Waals surface area contributed by atoms with Gasteiger partial charge in [-0.1, -0.05) is 12.1 Å². The maximum Gasteiger partial charge on any atom is 0.251 e. The van der Waals surface area contributed by atoms with Crippen molar-refractivity contribution < 1.29 is 9.59 Å². The number of nitrogens with one attached hydrogen (secondary N) is 1. The van der Waals surface area contributed by atoms with Gasteiger partial charge in [0.05, 0.1) is 5.69 Å². The van der Waals surface area contributed by atoms with Crippen molar-refractivity contribution in [3.8, 4) is 0 Å². The fraction of sp³-hybridized carbons (Fsp3) is 0.250. The number of benzene rings is 1. The largest absolute Gasteiger partial charge is 0.397 e. The van der Waals surface area contributed by atoms with E-state index in [-0.39, 0.29) is 11.8 Å². The van der Waals surface area contributed by atoms with Gasteiger partial charge < -0.3 is 5.73 Å². The summed E-state index contributed by atoms with van der Waals surface area (Å²) in [7, 11) is 0. The quantitative estimate of drug-likeness (QED) is 0.567. The molecule has 92 valence electrons. The minimum Gasteiger partial charge on any atom is -0.397 e. The van der Waals surface area contributed by atoms with Crippen molar-refractivity contribution in [3.63, 3.8) is 0 Å². The molecule has 1 unspecified atom stereocenters. The Kier molecular flexibility index (Phi) is 2.29. The number of imide groups is 1. The number of amides is 2. The van der Waals surface area contributed by atoms with Gasteiger partial charge in [-0.25, -0.2) is 0 Å². The van der Waals surface area contributed by atoms with Gasteiger partial charge in [-0.15, -0.1) is 0 Å². The molecule has 1 aromatic heterocycles. The molecule has 3 rings (SSSR count). The van der Waals surface area contributed by atoms with E-state index in [4.69, 9.17) is 5.73 Å². The number of fused-ring (bicyclic) bond motifs is 1. The Balaban J connectivity index is 2.02. The summed E-state index contributed by atoms with van der Waals surface area (Å²) >= 11 is 0. The summed E-state index contributed by atoms with van der Waals surface area (Å²) in [4.78, 5) is 22.8. The molecule has 0 aliphatic carbocycles. The molecular weight excluding hydrogens is 232 g/mol. The molecule has 2 heterocycles. The van der Waals surface area contributed by atoms with Crippen molar-refractivity contribution in [3.05, 3.63) is 24.4 Å². The lowest BCUT2D eigenvalue weighted by molar-refractivity contribution is -0.135. The van der Waals surface area contributed by atoms with Gasteiger partial charge in [0.2, 0.25) is 5.91 Å². The van der Waals surface area contributed by atoms with Crippen LogP contribution in [0.15, 0.2) is 24.4 Å². The Morgan fingerprint density at radius 3 is 2.94 bits per heavy atom. The Morgan fingerprint density at radius 2 is 2.22 bits per heavy atom. The van der Waals surface area contributed by atoms with E-state index in [2.05, 4.69) is 10.4 Å². The van der Waals surface area contributed by atoms with Crippen LogP contribution in [0, 0.1) is 0 Å². The van der Waals surface area contributed by atoms with Crippen LogP contribution in [0.3, 0.4) is 0 Å². The van der Waals surface area contributed by atoms with Gasteiger partial charge in [0.25, 0.3) is 5.91 Å². The Hall–Kier alpha value is -2.37. The molecule has 6 nitrogen and oxygen atoms in total. The Morgan fingerprint density at radius 1 is 1.39 bits per heavy atom. The van der Waals surface area contributed by atoms with Crippen LogP contribution in [-0.4, -0.2) is 21.6 Å². The number of hydrogen-bond acceptors (Lipinski definition) is 4. The van der Waals surface area contributed by atoms with Gasteiger partial charge >= 0.3 is 0 Å². The molecule has 6 heteroatoms. The molecule has 2 amide bonds. The second-order valence-corrected chi connectivity index (χ2v) is 4.36. The summed E-state index contributed by atoms with van der Waals surface area (Å²) in [5, 5.41) is 7.54. The maximum absolute atomic E-state index is 11.7. The van der Waals surface area contributed by atoms with Crippen molar-refractivity contribution >= 4 is 28.4 Å². The van der Waals surface area contributed by atoms with Crippen LogP contribution in [0.2, 0.25) is 0 Å². The lowest BCUT2D eigenvalue weighted by Gasteiger charge is -2.20. The average Bonchev–Trinajstić information content (AvgIpc) is 2.74. The first-order valence-electron chi connectivity index (χ1n) is 5.72. The smallest absolute Gasteiger partial charge is 0.251 e. The highest BCUT2D eigenvalue weighted by Crippen LogP contribution is 2.24. The lowest BCUT2D eigenvalue weighted by atomic mass is 10.1. The van der Waals surface area contributed by atoms with E-state index >= 15 is 0 Å². The number of piperidine rings is 1. The SMILES string of the molecule is Nc1cccc2cn(C3CCC(=O)NC3=O)nc12. The molecule has 1 aliphatic heterocycles. The number of nitrogen functional groups attached to an aromatic ring is 1. The van der Waals surface area contributed by atoms with Gasteiger partial charge in [-0.3, -0.25) is 19.6 Å². The van der Waals surface area contributed by atoms with Crippen LogP contribution in [0.5, 0.6) is 0 Å². The molecule has 0 radical (unpaired) electrons. The standard InChI is InChI=1S/C12H12N4O2/c13-8-3-1-2-7-6-16(15-11(7)8)9-4-5-10(17)14-12(9)18/h1-3,6,9H,4-5,13H2,(H,14,17,18). The van der Waals surface area contributed by atoms with E-state index in [1.807, 2.05) is 12.1 Å². The second-order valence-electron chi connectivity index (χ2n) is 4.36. The monoisotopic (exact) mass is 244 g/mol. The van der Waals surface area contributed by atoms with Crippen LogP contribution in [0.4, 0.5) is 5.69 Å². The molecule has 0 bridgehead atoms. The first kappa shape index (κ1) is 10.8. The molecular formula is C12H12N4O2. The molecule has 18 heavy (non-hydrogen) atoms.